The number of nitrogens with one attached hydrogen (secondary N) is 1. The second-order valence-corrected chi connectivity index (χ2v) is 8.38. The summed E-state index contributed by atoms with van der Waals surface area (Å²) < 4.78 is 73.1. The molecule has 2 aromatic rings. The number of terminal acetylenes is 1. The number of aliphatic hydroxyl groups is 2. The van der Waals surface area contributed by atoms with Crippen molar-refractivity contribution in [1.29, 1.82) is 0 Å². The van der Waals surface area contributed by atoms with E-state index in [9.17, 15) is 24.4 Å². The lowest BCUT2D eigenvalue weighted by Crippen LogP contribution is -2.43. The summed E-state index contributed by atoms with van der Waals surface area (Å²) >= 11 is 0. The Bertz CT molecular complexity index is 1410. The molecule has 0 bridgehead atoms. The maximum atomic E-state index is 15.9. The largest absolute Gasteiger partial charge is 0.530 e. The maximum absolute atomic E-state index is 15.9. The molecule has 1 saturated heterocycles. The Morgan fingerprint density at radius 2 is 2.28 bits per heavy atom. The fourth-order valence-corrected chi connectivity index (χ4v) is 4.19. The number of aliphatic hydroxyl groups excluding tert-OH is 2. The maximum Gasteiger partial charge on any atom is 0.530 e. The Morgan fingerprint density at radius 1 is 1.53 bits per heavy atom. The van der Waals surface area contributed by atoms with Gasteiger partial charge in [-0.25, -0.2) is 13.8 Å². The molecule has 32 heavy (non-hydrogen) atoms. The summed E-state index contributed by atoms with van der Waals surface area (Å²) in [5, 5.41) is 20.8. The highest BCUT2D eigenvalue weighted by atomic mass is 31.2. The predicted molar refractivity (Wildman–Crippen MR) is 105 cm³/mol. The zero-order chi connectivity index (χ0) is 26.0. The Balaban J connectivity index is 1.70. The average Bonchev–Trinajstić information content (AvgIpc) is 2.95. The molecule has 3 N–H and O–H groups in total. The fourth-order valence-electron chi connectivity index (χ4n) is 3.03. The van der Waals surface area contributed by atoms with Gasteiger partial charge in [0.25, 0.3) is 11.4 Å². The summed E-state index contributed by atoms with van der Waals surface area (Å²) in [6.45, 7) is -2.63. The molecule has 1 aromatic carbocycles. The molecule has 3 heterocycles. The van der Waals surface area contributed by atoms with Crippen molar-refractivity contribution >= 4 is 7.82 Å². The quantitative estimate of drug-likeness (QED) is 0.427. The first kappa shape index (κ1) is 18.8. The third-order valence-electron chi connectivity index (χ3n) is 4.69. The number of alkyl halides is 1. The SMILES string of the molecule is [2H]C([2H])(OP1(=O)OCc2cccc(C)c2O1)[C@@]1(F)O[C@@]([2H])(n2cc(C#C)c(=O)[nH]c2=O)[C@H](O)[C@@H]1O. The summed E-state index contributed by atoms with van der Waals surface area (Å²) in [4.78, 5) is 25.7. The van der Waals surface area contributed by atoms with Crippen molar-refractivity contribution < 1.29 is 41.6 Å². The molecule has 13 heteroatoms. The number of aromatic amines is 1. The van der Waals surface area contributed by atoms with Gasteiger partial charge in [-0.15, -0.1) is 6.42 Å². The number of H-pyrrole nitrogens is 1. The number of aromatic nitrogens is 2. The summed E-state index contributed by atoms with van der Waals surface area (Å²) in [7, 11) is -4.87. The predicted octanol–water partition coefficient (Wildman–Crippen LogP) is 0.477. The van der Waals surface area contributed by atoms with Gasteiger partial charge in [0.2, 0.25) is 0 Å². The number of phosphoric acid groups is 1. The number of nitrogens with zero attached hydrogens (tertiary/aromatic N) is 1. The van der Waals surface area contributed by atoms with Gasteiger partial charge in [0.1, 0.15) is 30.1 Å². The normalized spacial score (nSPS) is 35.7. The first-order valence-corrected chi connectivity index (χ1v) is 10.5. The number of aryl methyl sites for hydroxylation is 1. The summed E-state index contributed by atoms with van der Waals surface area (Å²) in [6, 6.07) is 4.84. The van der Waals surface area contributed by atoms with Crippen LogP contribution in [0.5, 0.6) is 5.75 Å². The van der Waals surface area contributed by atoms with E-state index in [1.54, 1.807) is 30.1 Å². The van der Waals surface area contributed by atoms with Crippen LogP contribution in [0.25, 0.3) is 0 Å². The minimum Gasteiger partial charge on any atom is -0.403 e. The number of benzene rings is 1. The second-order valence-electron chi connectivity index (χ2n) is 6.86. The van der Waals surface area contributed by atoms with Gasteiger partial charge < -0.3 is 19.5 Å². The molecule has 0 spiro atoms. The zero-order valence-electron chi connectivity index (χ0n) is 19.3. The molecule has 0 amide bonds. The minimum absolute atomic E-state index is 0.0511. The Labute approximate surface area is 184 Å². The van der Waals surface area contributed by atoms with Crippen LogP contribution in [0.4, 0.5) is 4.39 Å². The molecular formula is C19H18FN2O9P. The minimum atomic E-state index is -4.87. The van der Waals surface area contributed by atoms with Crippen molar-refractivity contribution in [1.82, 2.24) is 9.55 Å². The number of ether oxygens (including phenoxy) is 1. The number of rotatable bonds is 4. The molecule has 2 aliphatic heterocycles. The Kier molecular flexibility index (Phi) is 4.67. The highest BCUT2D eigenvalue weighted by molar-refractivity contribution is 7.49. The number of fused-ring (bicyclic) bond motifs is 1. The van der Waals surface area contributed by atoms with E-state index in [-0.39, 0.29) is 16.9 Å². The summed E-state index contributed by atoms with van der Waals surface area (Å²) in [6.07, 6.45) is -3.01. The lowest BCUT2D eigenvalue weighted by molar-refractivity contribution is -0.205. The Hall–Kier alpha value is -2.78. The van der Waals surface area contributed by atoms with Crippen LogP contribution in [-0.2, 0) is 25.0 Å². The lowest BCUT2D eigenvalue weighted by Gasteiger charge is -2.29. The van der Waals surface area contributed by atoms with Gasteiger partial charge >= 0.3 is 13.5 Å². The van der Waals surface area contributed by atoms with Gasteiger partial charge in [0.05, 0.1) is 10.7 Å². The summed E-state index contributed by atoms with van der Waals surface area (Å²) in [5.41, 5.74) is -1.99. The number of halogens is 1. The average molecular weight is 471 g/mol. The van der Waals surface area contributed by atoms with Crippen LogP contribution in [0.15, 0.2) is 34.0 Å². The molecule has 0 saturated carbocycles. The molecule has 1 unspecified atom stereocenters. The number of para-hydroxylation sites is 1. The molecule has 11 nitrogen and oxygen atoms in total. The highest BCUT2D eigenvalue weighted by Gasteiger charge is 2.57. The standard InChI is InChI=1S/C19H18FN2O9P/c1-3-11-7-22(18(26)21-16(11)25)17-13(23)15(24)19(20,30-17)9-29-32(27)28-8-12-6-4-5-10(2)14(12)31-32/h1,4-7,13,15,17,23-24H,8-9H2,2H3,(H,21,25,26)/t13-,15+,17-,19-,32?/m1/s1/i9D2,17D. The van der Waals surface area contributed by atoms with Crippen LogP contribution in [-0.4, -0.2) is 44.4 Å². The lowest BCUT2D eigenvalue weighted by atomic mass is 10.1. The van der Waals surface area contributed by atoms with Crippen LogP contribution in [0.1, 0.15) is 27.0 Å². The first-order chi connectivity index (χ1) is 16.2. The van der Waals surface area contributed by atoms with Gasteiger partial charge in [-0.05, 0) is 12.5 Å². The zero-order valence-corrected chi connectivity index (χ0v) is 17.2. The van der Waals surface area contributed by atoms with Gasteiger partial charge in [0, 0.05) is 11.8 Å². The molecule has 170 valence electrons. The monoisotopic (exact) mass is 471 g/mol. The number of phosphoric ester groups is 1. The van der Waals surface area contributed by atoms with Gasteiger partial charge in [-0.2, -0.15) is 0 Å². The van der Waals surface area contributed by atoms with Crippen LogP contribution in [0.2, 0.25) is 0 Å². The van der Waals surface area contributed by atoms with E-state index in [0.29, 0.717) is 17.3 Å². The smallest absolute Gasteiger partial charge is 0.403 e. The van der Waals surface area contributed by atoms with E-state index < -0.39 is 55.5 Å². The third kappa shape index (κ3) is 3.80. The molecule has 1 fully saturated rings. The van der Waals surface area contributed by atoms with Gasteiger partial charge in [-0.1, -0.05) is 24.1 Å². The van der Waals surface area contributed by atoms with E-state index in [4.69, 9.17) is 28.8 Å². The molecule has 5 atom stereocenters. The van der Waals surface area contributed by atoms with Crippen molar-refractivity contribution in [3.05, 3.63) is 61.9 Å². The van der Waals surface area contributed by atoms with Crippen molar-refractivity contribution in [2.45, 2.75) is 37.8 Å². The van der Waals surface area contributed by atoms with E-state index in [1.165, 1.54) is 0 Å². The van der Waals surface area contributed by atoms with E-state index in [2.05, 4.69) is 0 Å². The van der Waals surface area contributed by atoms with Crippen molar-refractivity contribution in [2.75, 3.05) is 6.56 Å². The second kappa shape index (κ2) is 7.97. The topological polar surface area (TPSA) is 149 Å². The fraction of sp³-hybridized carbons (Fsp3) is 0.368. The van der Waals surface area contributed by atoms with Crippen molar-refractivity contribution in [2.24, 2.45) is 0 Å². The van der Waals surface area contributed by atoms with Crippen molar-refractivity contribution in [3.8, 4) is 18.1 Å². The third-order valence-corrected chi connectivity index (χ3v) is 5.86. The highest BCUT2D eigenvalue weighted by Crippen LogP contribution is 2.56. The van der Waals surface area contributed by atoms with Gasteiger partial charge in [0.15, 0.2) is 6.20 Å². The number of hydrogen-bond acceptors (Lipinski definition) is 9. The molecule has 0 aliphatic carbocycles. The van der Waals surface area contributed by atoms with E-state index in [0.717, 1.165) is 0 Å². The van der Waals surface area contributed by atoms with Crippen LogP contribution < -0.4 is 15.8 Å². The Morgan fingerprint density at radius 3 is 3.00 bits per heavy atom. The molecular weight excluding hydrogens is 450 g/mol. The van der Waals surface area contributed by atoms with Crippen molar-refractivity contribution in [3.63, 3.8) is 0 Å². The van der Waals surface area contributed by atoms with Crippen LogP contribution in [0.3, 0.4) is 0 Å². The van der Waals surface area contributed by atoms with Crippen LogP contribution >= 0.6 is 7.82 Å². The molecule has 4 rings (SSSR count). The van der Waals surface area contributed by atoms with E-state index >= 15 is 4.39 Å². The molecule has 2 aliphatic rings. The summed E-state index contributed by atoms with van der Waals surface area (Å²) in [5.74, 6) is -2.15. The first-order valence-electron chi connectivity index (χ1n) is 10.5. The number of hydrogen-bond donors (Lipinski definition) is 3. The molecule has 1 aromatic heterocycles. The van der Waals surface area contributed by atoms with E-state index in [1.807, 2.05) is 5.92 Å². The molecule has 0 radical (unpaired) electrons. The van der Waals surface area contributed by atoms with Gasteiger partial charge in [-0.3, -0.25) is 23.4 Å². The van der Waals surface area contributed by atoms with Crippen LogP contribution in [0, 0.1) is 19.3 Å².